The number of hydrogen-bond acceptors (Lipinski definition) is 2. The summed E-state index contributed by atoms with van der Waals surface area (Å²) >= 11 is 13.4. The first-order valence-electron chi connectivity index (χ1n) is 6.48. The molecule has 0 aliphatic carbocycles. The van der Waals surface area contributed by atoms with Crippen molar-refractivity contribution in [2.45, 2.75) is 17.9 Å². The molecular weight excluding hydrogens is 325 g/mol. The summed E-state index contributed by atoms with van der Waals surface area (Å²) < 4.78 is 0. The molecule has 2 aromatic rings. The van der Waals surface area contributed by atoms with Gasteiger partial charge in [-0.05, 0) is 42.8 Å². The fourth-order valence-electron chi connectivity index (χ4n) is 1.87. The third kappa shape index (κ3) is 4.95. The molecule has 0 spiro atoms. The Labute approximate surface area is 138 Å². The molecule has 110 valence electrons. The highest BCUT2D eigenvalue weighted by Crippen LogP contribution is 2.23. The molecule has 1 atom stereocenters. The molecule has 0 bridgehead atoms. The molecular formula is C16H15Cl2NOS. The zero-order chi connectivity index (χ0) is 15.2. The molecule has 0 aromatic heterocycles. The van der Waals surface area contributed by atoms with Gasteiger partial charge in [0.25, 0.3) is 0 Å². The molecule has 0 saturated carbocycles. The summed E-state index contributed by atoms with van der Waals surface area (Å²) in [4.78, 5) is 13.0. The summed E-state index contributed by atoms with van der Waals surface area (Å²) in [7, 11) is 0. The maximum absolute atomic E-state index is 12.0. The fraction of sp³-hybridized carbons (Fsp3) is 0.188. The first-order chi connectivity index (χ1) is 10.1. The predicted octanol–water partition coefficient (Wildman–Crippen LogP) is 4.96. The summed E-state index contributed by atoms with van der Waals surface area (Å²) in [6.45, 7) is 1.92. The van der Waals surface area contributed by atoms with Crippen molar-refractivity contribution in [2.24, 2.45) is 0 Å². The fourth-order valence-corrected chi connectivity index (χ4v) is 3.00. The minimum atomic E-state index is -0.114. The largest absolute Gasteiger partial charge is 0.349 e. The Kier molecular flexibility index (Phi) is 5.97. The van der Waals surface area contributed by atoms with Gasteiger partial charge in [-0.3, -0.25) is 4.79 Å². The second-order valence-corrected chi connectivity index (χ2v) is 6.45. The number of rotatable bonds is 5. The molecule has 0 heterocycles. The van der Waals surface area contributed by atoms with E-state index < -0.39 is 0 Å². The van der Waals surface area contributed by atoms with Crippen LogP contribution in [-0.4, -0.2) is 11.7 Å². The zero-order valence-corrected chi connectivity index (χ0v) is 13.8. The van der Waals surface area contributed by atoms with E-state index in [1.54, 1.807) is 0 Å². The molecule has 0 radical (unpaired) electrons. The Morgan fingerprint density at radius 1 is 1.14 bits per heavy atom. The number of amides is 1. The third-order valence-electron chi connectivity index (χ3n) is 2.93. The lowest BCUT2D eigenvalue weighted by molar-refractivity contribution is -0.119. The summed E-state index contributed by atoms with van der Waals surface area (Å²) in [5.74, 6) is 0.332. The normalized spacial score (nSPS) is 12.0. The molecule has 1 amide bonds. The quantitative estimate of drug-likeness (QED) is 0.779. The van der Waals surface area contributed by atoms with Gasteiger partial charge in [0.2, 0.25) is 5.91 Å². The van der Waals surface area contributed by atoms with E-state index in [-0.39, 0.29) is 11.9 Å². The number of carbonyl (C=O) groups is 1. The van der Waals surface area contributed by atoms with Crippen LogP contribution in [0, 0.1) is 0 Å². The molecule has 1 unspecified atom stereocenters. The number of benzene rings is 2. The van der Waals surface area contributed by atoms with Crippen LogP contribution in [0.4, 0.5) is 0 Å². The molecule has 2 nitrogen and oxygen atoms in total. The maximum atomic E-state index is 12.0. The Morgan fingerprint density at radius 2 is 1.81 bits per heavy atom. The first-order valence-corrected chi connectivity index (χ1v) is 8.22. The number of halogens is 2. The lowest BCUT2D eigenvalue weighted by atomic mass is 10.1. The van der Waals surface area contributed by atoms with Crippen LogP contribution in [0.15, 0.2) is 53.4 Å². The van der Waals surface area contributed by atoms with Gasteiger partial charge in [-0.15, -0.1) is 11.8 Å². The van der Waals surface area contributed by atoms with Crippen molar-refractivity contribution in [3.8, 4) is 0 Å². The molecule has 0 fully saturated rings. The molecule has 21 heavy (non-hydrogen) atoms. The summed E-state index contributed by atoms with van der Waals surface area (Å²) in [5.41, 5.74) is 0.920. The van der Waals surface area contributed by atoms with Crippen molar-refractivity contribution in [1.29, 1.82) is 0 Å². The predicted molar refractivity (Wildman–Crippen MR) is 90.2 cm³/mol. The van der Waals surface area contributed by atoms with Crippen molar-refractivity contribution < 1.29 is 4.79 Å². The van der Waals surface area contributed by atoms with Gasteiger partial charge in [0.05, 0.1) is 11.8 Å². The Hall–Kier alpha value is -1.16. The second-order valence-electron chi connectivity index (χ2n) is 4.55. The first kappa shape index (κ1) is 16.2. The van der Waals surface area contributed by atoms with Gasteiger partial charge >= 0.3 is 0 Å². The SMILES string of the molecule is CC(NC(=O)CSc1ccc(Cl)cc1)c1ccccc1Cl. The number of thioether (sulfide) groups is 1. The van der Waals surface area contributed by atoms with Crippen LogP contribution in [0.25, 0.3) is 0 Å². The average Bonchev–Trinajstić information content (AvgIpc) is 2.47. The van der Waals surface area contributed by atoms with Crippen molar-refractivity contribution in [1.82, 2.24) is 5.32 Å². The van der Waals surface area contributed by atoms with Gasteiger partial charge < -0.3 is 5.32 Å². The molecule has 2 rings (SSSR count). The van der Waals surface area contributed by atoms with Crippen LogP contribution >= 0.6 is 35.0 Å². The molecule has 1 N–H and O–H groups in total. The van der Waals surface area contributed by atoms with Gasteiger partial charge in [-0.1, -0.05) is 41.4 Å². The van der Waals surface area contributed by atoms with E-state index in [9.17, 15) is 4.79 Å². The van der Waals surface area contributed by atoms with E-state index in [1.807, 2.05) is 55.5 Å². The van der Waals surface area contributed by atoms with E-state index in [1.165, 1.54) is 11.8 Å². The third-order valence-corrected chi connectivity index (χ3v) is 4.54. The average molecular weight is 340 g/mol. The van der Waals surface area contributed by atoms with Crippen LogP contribution in [0.1, 0.15) is 18.5 Å². The minimum Gasteiger partial charge on any atom is -0.349 e. The number of carbonyl (C=O) groups excluding carboxylic acids is 1. The van der Waals surface area contributed by atoms with Gasteiger partial charge in [-0.2, -0.15) is 0 Å². The lowest BCUT2D eigenvalue weighted by Crippen LogP contribution is -2.28. The molecule has 2 aromatic carbocycles. The Morgan fingerprint density at radius 3 is 2.48 bits per heavy atom. The van der Waals surface area contributed by atoms with Crippen molar-refractivity contribution in [2.75, 3.05) is 5.75 Å². The maximum Gasteiger partial charge on any atom is 0.230 e. The summed E-state index contributed by atoms with van der Waals surface area (Å²) in [5, 5.41) is 4.30. The van der Waals surface area contributed by atoms with E-state index in [0.717, 1.165) is 10.5 Å². The van der Waals surface area contributed by atoms with E-state index >= 15 is 0 Å². The van der Waals surface area contributed by atoms with Gasteiger partial charge in [0, 0.05) is 14.9 Å². The number of nitrogens with one attached hydrogen (secondary N) is 1. The van der Waals surface area contributed by atoms with Crippen LogP contribution in [0.2, 0.25) is 10.0 Å². The highest BCUT2D eigenvalue weighted by Gasteiger charge is 2.12. The van der Waals surface area contributed by atoms with E-state index in [2.05, 4.69) is 5.32 Å². The zero-order valence-electron chi connectivity index (χ0n) is 11.5. The Balaban J connectivity index is 1.87. The van der Waals surface area contributed by atoms with Gasteiger partial charge in [0.15, 0.2) is 0 Å². The highest BCUT2D eigenvalue weighted by atomic mass is 35.5. The second kappa shape index (κ2) is 7.74. The van der Waals surface area contributed by atoms with Crippen LogP contribution in [0.5, 0.6) is 0 Å². The molecule has 0 saturated heterocycles. The lowest BCUT2D eigenvalue weighted by Gasteiger charge is -2.15. The number of hydrogen-bond donors (Lipinski definition) is 1. The van der Waals surface area contributed by atoms with Crippen molar-refractivity contribution >= 4 is 40.9 Å². The van der Waals surface area contributed by atoms with Crippen LogP contribution < -0.4 is 5.32 Å². The van der Waals surface area contributed by atoms with Crippen LogP contribution in [0.3, 0.4) is 0 Å². The summed E-state index contributed by atoms with van der Waals surface area (Å²) in [6, 6.07) is 14.8. The minimum absolute atomic E-state index is 0.0256. The monoisotopic (exact) mass is 339 g/mol. The van der Waals surface area contributed by atoms with E-state index in [4.69, 9.17) is 23.2 Å². The van der Waals surface area contributed by atoms with Gasteiger partial charge in [-0.25, -0.2) is 0 Å². The molecule has 0 aliphatic heterocycles. The van der Waals surface area contributed by atoms with Crippen molar-refractivity contribution in [3.05, 3.63) is 64.1 Å². The molecule has 0 aliphatic rings. The molecule has 5 heteroatoms. The summed E-state index contributed by atoms with van der Waals surface area (Å²) in [6.07, 6.45) is 0. The van der Waals surface area contributed by atoms with Gasteiger partial charge in [0.1, 0.15) is 0 Å². The smallest absolute Gasteiger partial charge is 0.230 e. The van der Waals surface area contributed by atoms with E-state index in [0.29, 0.717) is 15.8 Å². The van der Waals surface area contributed by atoms with Crippen LogP contribution in [-0.2, 0) is 4.79 Å². The topological polar surface area (TPSA) is 29.1 Å². The Bertz CT molecular complexity index is 616. The standard InChI is InChI=1S/C16H15Cl2NOS/c1-11(14-4-2-3-5-15(14)18)19-16(20)10-21-13-8-6-12(17)7-9-13/h2-9,11H,10H2,1H3,(H,19,20). The van der Waals surface area contributed by atoms with Crippen molar-refractivity contribution in [3.63, 3.8) is 0 Å². The highest BCUT2D eigenvalue weighted by molar-refractivity contribution is 8.00.